The molecule has 1 aromatic rings. The number of aryl methyl sites for hydroxylation is 3. The molecule has 136 valence electrons. The summed E-state index contributed by atoms with van der Waals surface area (Å²) in [6.45, 7) is 8.22. The minimum atomic E-state index is -0.968. The quantitative estimate of drug-likeness (QED) is 0.509. The zero-order valence-corrected chi connectivity index (χ0v) is 15.8. The Hall–Kier alpha value is -1.73. The van der Waals surface area contributed by atoms with E-state index < -0.39 is 5.97 Å². The number of carboxylic acid groups (broad SMARTS) is 1. The van der Waals surface area contributed by atoms with Crippen molar-refractivity contribution < 1.29 is 19.4 Å². The Morgan fingerprint density at radius 1 is 1.25 bits per heavy atom. The molecular weight excluding hydrogens is 328 g/mol. The van der Waals surface area contributed by atoms with Crippen LogP contribution >= 0.6 is 11.8 Å². The summed E-state index contributed by atoms with van der Waals surface area (Å²) < 4.78 is 5.19. The molecule has 0 aliphatic heterocycles. The van der Waals surface area contributed by atoms with E-state index in [1.807, 2.05) is 20.1 Å². The van der Waals surface area contributed by atoms with Gasteiger partial charge in [0.2, 0.25) is 0 Å². The summed E-state index contributed by atoms with van der Waals surface area (Å²) in [5.74, 6) is -0.335. The largest absolute Gasteiger partial charge is 0.480 e. The van der Waals surface area contributed by atoms with Gasteiger partial charge in [0.05, 0.1) is 6.54 Å². The van der Waals surface area contributed by atoms with Crippen molar-refractivity contribution in [3.8, 4) is 0 Å². The molecule has 6 nitrogen and oxygen atoms in total. The van der Waals surface area contributed by atoms with Crippen molar-refractivity contribution in [2.75, 3.05) is 30.5 Å². The van der Waals surface area contributed by atoms with E-state index in [-0.39, 0.29) is 18.6 Å². The van der Waals surface area contributed by atoms with E-state index in [1.54, 1.807) is 11.8 Å². The molecule has 0 aliphatic carbocycles. The molecule has 0 saturated heterocycles. The molecule has 1 aromatic carbocycles. The lowest BCUT2D eigenvalue weighted by Gasteiger charge is -2.17. The van der Waals surface area contributed by atoms with E-state index in [0.29, 0.717) is 6.61 Å². The summed E-state index contributed by atoms with van der Waals surface area (Å²) in [5.41, 5.74) is 9.20. The van der Waals surface area contributed by atoms with Crippen LogP contribution in [0.5, 0.6) is 0 Å². The van der Waals surface area contributed by atoms with Gasteiger partial charge < -0.3 is 20.9 Å². The Labute approximate surface area is 148 Å². The number of anilines is 1. The molecule has 0 bridgehead atoms. The number of carbonyl (C=O) groups is 2. The second kappa shape index (κ2) is 11.8. The maximum atomic E-state index is 11.8. The third-order valence-electron chi connectivity index (χ3n) is 3.27. The van der Waals surface area contributed by atoms with Crippen molar-refractivity contribution in [3.63, 3.8) is 0 Å². The maximum absolute atomic E-state index is 11.8. The highest BCUT2D eigenvalue weighted by molar-refractivity contribution is 7.98. The lowest BCUT2D eigenvalue weighted by atomic mass is 10.0. The summed E-state index contributed by atoms with van der Waals surface area (Å²) in [7, 11) is 0. The van der Waals surface area contributed by atoms with E-state index >= 15 is 0 Å². The predicted molar refractivity (Wildman–Crippen MR) is 99.8 cm³/mol. The van der Waals surface area contributed by atoms with Gasteiger partial charge in [-0.05, 0) is 56.7 Å². The van der Waals surface area contributed by atoms with E-state index in [0.717, 1.165) is 17.0 Å². The fourth-order valence-corrected chi connectivity index (χ4v) is 2.01. The number of benzene rings is 1. The Morgan fingerprint density at radius 3 is 2.29 bits per heavy atom. The van der Waals surface area contributed by atoms with Gasteiger partial charge in [0.1, 0.15) is 12.6 Å². The van der Waals surface area contributed by atoms with Gasteiger partial charge in [-0.15, -0.1) is 0 Å². The first-order chi connectivity index (χ1) is 11.2. The summed E-state index contributed by atoms with van der Waals surface area (Å²) in [5, 5.41) is 10.8. The maximum Gasteiger partial charge on any atom is 0.328 e. The zero-order valence-electron chi connectivity index (χ0n) is 15.0. The summed E-state index contributed by atoms with van der Waals surface area (Å²) in [6.07, 6.45) is 1.99. The normalized spacial score (nSPS) is 11.1. The summed E-state index contributed by atoms with van der Waals surface area (Å²) in [6, 6.07) is 3.88. The number of hydrogen-bond donors (Lipinski definition) is 3. The number of rotatable bonds is 7. The number of esters is 1. The van der Waals surface area contributed by atoms with Gasteiger partial charge in [-0.25, -0.2) is 4.79 Å². The molecule has 0 amide bonds. The van der Waals surface area contributed by atoms with Crippen LogP contribution in [0.3, 0.4) is 0 Å². The average Bonchev–Trinajstić information content (AvgIpc) is 2.53. The number of carboxylic acids is 1. The molecule has 1 rings (SSSR count). The summed E-state index contributed by atoms with van der Waals surface area (Å²) >= 11 is 1.67. The van der Waals surface area contributed by atoms with Crippen LogP contribution in [-0.2, 0) is 14.3 Å². The van der Waals surface area contributed by atoms with E-state index in [1.165, 1.54) is 11.1 Å². The van der Waals surface area contributed by atoms with Crippen LogP contribution in [0.25, 0.3) is 0 Å². The zero-order chi connectivity index (χ0) is 18.7. The number of carbonyl (C=O) groups excluding carboxylic acids is 1. The van der Waals surface area contributed by atoms with Crippen LogP contribution in [0, 0.1) is 20.8 Å². The molecule has 24 heavy (non-hydrogen) atoms. The molecule has 0 fully saturated rings. The molecular formula is C17H28N2O4S. The van der Waals surface area contributed by atoms with Crippen molar-refractivity contribution in [1.82, 2.24) is 0 Å². The van der Waals surface area contributed by atoms with Crippen molar-refractivity contribution in [3.05, 3.63) is 28.8 Å². The smallest absolute Gasteiger partial charge is 0.328 e. The topological polar surface area (TPSA) is 102 Å². The number of ether oxygens (including phenoxy) is 1. The molecule has 1 atom stereocenters. The fourth-order valence-electron chi connectivity index (χ4n) is 1.76. The van der Waals surface area contributed by atoms with Crippen molar-refractivity contribution >= 4 is 29.4 Å². The minimum absolute atomic E-state index is 0.202. The van der Waals surface area contributed by atoms with Gasteiger partial charge in [0.15, 0.2) is 0 Å². The third kappa shape index (κ3) is 8.79. The first-order valence-electron chi connectivity index (χ1n) is 7.64. The van der Waals surface area contributed by atoms with E-state index in [2.05, 4.69) is 37.0 Å². The number of nitrogens with two attached hydrogens (primary N) is 1. The van der Waals surface area contributed by atoms with Crippen LogP contribution in [0.4, 0.5) is 5.69 Å². The van der Waals surface area contributed by atoms with Gasteiger partial charge in [-0.1, -0.05) is 6.07 Å². The Kier molecular flexibility index (Phi) is 10.9. The van der Waals surface area contributed by atoms with E-state index in [4.69, 9.17) is 9.84 Å². The highest BCUT2D eigenvalue weighted by Crippen LogP contribution is 2.20. The lowest BCUT2D eigenvalue weighted by Crippen LogP contribution is -2.29. The molecule has 0 aromatic heterocycles. The Morgan fingerprint density at radius 2 is 1.79 bits per heavy atom. The first kappa shape index (κ1) is 22.3. The Bertz CT molecular complexity index is 550. The van der Waals surface area contributed by atoms with E-state index in [9.17, 15) is 9.59 Å². The molecule has 4 N–H and O–H groups in total. The number of nitrogens with one attached hydrogen (secondary N) is 1. The van der Waals surface area contributed by atoms with Gasteiger partial charge in [-0.3, -0.25) is 4.79 Å². The molecule has 0 heterocycles. The monoisotopic (exact) mass is 356 g/mol. The van der Waals surface area contributed by atoms with Crippen LogP contribution < -0.4 is 11.1 Å². The third-order valence-corrected chi connectivity index (χ3v) is 3.85. The molecule has 0 unspecified atom stereocenters. The fraction of sp³-hybridized carbons (Fsp3) is 0.529. The van der Waals surface area contributed by atoms with Crippen molar-refractivity contribution in [2.45, 2.75) is 33.7 Å². The SMILES string of the molecule is CSCCOC(=O)[C@H](C)Nc1cc(C)c(C)cc1C.NCC(=O)O. The highest BCUT2D eigenvalue weighted by atomic mass is 32.2. The van der Waals surface area contributed by atoms with Gasteiger partial charge in [0, 0.05) is 11.4 Å². The molecule has 0 aliphatic rings. The van der Waals surface area contributed by atoms with Gasteiger partial charge in [-0.2, -0.15) is 11.8 Å². The van der Waals surface area contributed by atoms with Crippen LogP contribution in [0.1, 0.15) is 23.6 Å². The second-order valence-corrected chi connectivity index (χ2v) is 6.36. The molecule has 0 spiro atoms. The highest BCUT2D eigenvalue weighted by Gasteiger charge is 2.15. The van der Waals surface area contributed by atoms with Crippen LogP contribution in [0.15, 0.2) is 12.1 Å². The standard InChI is InChI=1S/C15H23NO2S.C2H5NO2/c1-10-8-12(3)14(9-11(10)2)16-13(4)15(17)18-6-7-19-5;3-1-2(4)5/h8-9,13,16H,6-7H2,1-5H3;1,3H2,(H,4,5)/t13-;/m0./s1. The number of aliphatic carboxylic acids is 1. The Balaban J connectivity index is 0.000000922. The first-order valence-corrected chi connectivity index (χ1v) is 9.04. The van der Waals surface area contributed by atoms with Gasteiger partial charge >= 0.3 is 11.9 Å². The minimum Gasteiger partial charge on any atom is -0.480 e. The average molecular weight is 356 g/mol. The van der Waals surface area contributed by atoms with Crippen LogP contribution in [-0.4, -0.2) is 48.2 Å². The van der Waals surface area contributed by atoms with Crippen LogP contribution in [0.2, 0.25) is 0 Å². The predicted octanol–water partition coefficient (Wildman–Crippen LogP) is 2.35. The lowest BCUT2D eigenvalue weighted by molar-refractivity contribution is -0.143. The van der Waals surface area contributed by atoms with Crippen molar-refractivity contribution in [1.29, 1.82) is 0 Å². The molecule has 0 radical (unpaired) electrons. The second-order valence-electron chi connectivity index (χ2n) is 5.38. The van der Waals surface area contributed by atoms with Gasteiger partial charge in [0.25, 0.3) is 0 Å². The number of hydrogen-bond acceptors (Lipinski definition) is 6. The summed E-state index contributed by atoms with van der Waals surface area (Å²) in [4.78, 5) is 21.0. The van der Waals surface area contributed by atoms with Crippen molar-refractivity contribution in [2.24, 2.45) is 5.73 Å². The molecule has 0 saturated carbocycles. The molecule has 7 heteroatoms. The number of thioether (sulfide) groups is 1.